The van der Waals surface area contributed by atoms with Crippen LogP contribution in [0.4, 0.5) is 5.69 Å². The molecule has 0 bridgehead atoms. The molecule has 0 spiro atoms. The maximum Gasteiger partial charge on any atom is 0.237 e. The van der Waals surface area contributed by atoms with Crippen LogP contribution in [0, 0.1) is 6.92 Å². The van der Waals surface area contributed by atoms with Crippen LogP contribution in [-0.4, -0.2) is 25.9 Å². The van der Waals surface area contributed by atoms with Gasteiger partial charge in [-0.15, -0.1) is 10.2 Å². The topological polar surface area (TPSA) is 59.8 Å². The van der Waals surface area contributed by atoms with Gasteiger partial charge >= 0.3 is 0 Å². The standard InChI is InChI=1S/C23H28N4OS/c1-5-16(2)20-13-9-10-14-21(20)24-22(28)17(3)29-23-26-25-18(4)27(23)15-19-11-7-6-8-12-19/h6-14,16-17H,5,15H2,1-4H3,(H,24,28)/t16-,17-/m1/s1. The highest BCUT2D eigenvalue weighted by molar-refractivity contribution is 8.00. The Morgan fingerprint density at radius 3 is 2.48 bits per heavy atom. The quantitative estimate of drug-likeness (QED) is 0.516. The molecule has 0 saturated carbocycles. The van der Waals surface area contributed by atoms with E-state index in [1.807, 2.05) is 50.2 Å². The molecule has 29 heavy (non-hydrogen) atoms. The van der Waals surface area contributed by atoms with Gasteiger partial charge in [-0.3, -0.25) is 4.79 Å². The summed E-state index contributed by atoms with van der Waals surface area (Å²) in [6, 6.07) is 18.2. The maximum atomic E-state index is 12.9. The van der Waals surface area contributed by atoms with Gasteiger partial charge in [-0.05, 0) is 43.4 Å². The molecule has 1 N–H and O–H groups in total. The molecule has 0 fully saturated rings. The number of amides is 1. The lowest BCUT2D eigenvalue weighted by atomic mass is 9.97. The third-order valence-corrected chi connectivity index (χ3v) is 6.18. The molecule has 0 radical (unpaired) electrons. The number of anilines is 1. The molecule has 3 aromatic rings. The Morgan fingerprint density at radius 2 is 1.76 bits per heavy atom. The summed E-state index contributed by atoms with van der Waals surface area (Å²) in [5.41, 5.74) is 3.24. The van der Waals surface area contributed by atoms with Crippen LogP contribution in [0.25, 0.3) is 0 Å². The van der Waals surface area contributed by atoms with E-state index in [0.717, 1.165) is 23.1 Å². The van der Waals surface area contributed by atoms with Crippen LogP contribution in [0.15, 0.2) is 59.8 Å². The van der Waals surface area contributed by atoms with E-state index in [-0.39, 0.29) is 11.2 Å². The summed E-state index contributed by atoms with van der Waals surface area (Å²) in [6.45, 7) is 8.87. The van der Waals surface area contributed by atoms with E-state index < -0.39 is 0 Å². The number of benzene rings is 2. The number of para-hydroxylation sites is 1. The number of carbonyl (C=O) groups excluding carboxylic acids is 1. The molecule has 0 aliphatic carbocycles. The summed E-state index contributed by atoms with van der Waals surface area (Å²) in [4.78, 5) is 12.9. The van der Waals surface area contributed by atoms with Gasteiger partial charge in [0.05, 0.1) is 11.8 Å². The second kappa shape index (κ2) is 9.74. The minimum Gasteiger partial charge on any atom is -0.325 e. The van der Waals surface area contributed by atoms with Crippen molar-refractivity contribution in [1.82, 2.24) is 14.8 Å². The Balaban J connectivity index is 1.71. The van der Waals surface area contributed by atoms with E-state index in [1.165, 1.54) is 22.9 Å². The lowest BCUT2D eigenvalue weighted by molar-refractivity contribution is -0.115. The van der Waals surface area contributed by atoms with Crippen LogP contribution in [0.2, 0.25) is 0 Å². The lowest BCUT2D eigenvalue weighted by Gasteiger charge is -2.18. The van der Waals surface area contributed by atoms with Crippen LogP contribution in [0.1, 0.15) is 50.1 Å². The molecule has 0 aliphatic rings. The molecule has 3 rings (SSSR count). The van der Waals surface area contributed by atoms with Gasteiger partial charge in [-0.1, -0.05) is 74.1 Å². The molecule has 0 aliphatic heterocycles. The van der Waals surface area contributed by atoms with Crippen LogP contribution in [0.5, 0.6) is 0 Å². The van der Waals surface area contributed by atoms with Crippen molar-refractivity contribution in [2.45, 2.75) is 57.0 Å². The van der Waals surface area contributed by atoms with Crippen LogP contribution in [0.3, 0.4) is 0 Å². The molecule has 2 atom stereocenters. The SMILES string of the molecule is CC[C@@H](C)c1ccccc1NC(=O)[C@@H](C)Sc1nnc(C)n1Cc1ccccc1. The van der Waals surface area contributed by atoms with Crippen molar-refractivity contribution in [3.8, 4) is 0 Å². The fraction of sp³-hybridized carbons (Fsp3) is 0.348. The van der Waals surface area contributed by atoms with Gasteiger partial charge in [0, 0.05) is 5.69 Å². The van der Waals surface area contributed by atoms with Crippen molar-refractivity contribution in [2.75, 3.05) is 5.32 Å². The third-order valence-electron chi connectivity index (χ3n) is 5.10. The Morgan fingerprint density at radius 1 is 1.07 bits per heavy atom. The zero-order valence-electron chi connectivity index (χ0n) is 17.4. The van der Waals surface area contributed by atoms with E-state index >= 15 is 0 Å². The first-order chi connectivity index (χ1) is 14.0. The summed E-state index contributed by atoms with van der Waals surface area (Å²) >= 11 is 1.43. The minimum atomic E-state index is -0.293. The predicted molar refractivity (Wildman–Crippen MR) is 119 cm³/mol. The van der Waals surface area contributed by atoms with E-state index in [0.29, 0.717) is 12.5 Å². The highest BCUT2D eigenvalue weighted by atomic mass is 32.2. The molecular weight excluding hydrogens is 380 g/mol. The highest BCUT2D eigenvalue weighted by Gasteiger charge is 2.20. The predicted octanol–water partition coefficient (Wildman–Crippen LogP) is 5.27. The first-order valence-corrected chi connectivity index (χ1v) is 10.9. The van der Waals surface area contributed by atoms with Crippen molar-refractivity contribution < 1.29 is 4.79 Å². The average molecular weight is 409 g/mol. The summed E-state index contributed by atoms with van der Waals surface area (Å²) < 4.78 is 2.05. The van der Waals surface area contributed by atoms with Gasteiger partial charge < -0.3 is 9.88 Å². The summed E-state index contributed by atoms with van der Waals surface area (Å²) in [5, 5.41) is 12.1. The second-order valence-electron chi connectivity index (χ2n) is 7.25. The summed E-state index contributed by atoms with van der Waals surface area (Å²) in [7, 11) is 0. The Labute approximate surface area is 176 Å². The smallest absolute Gasteiger partial charge is 0.237 e. The molecule has 1 aromatic heterocycles. The number of hydrogen-bond acceptors (Lipinski definition) is 4. The van der Waals surface area contributed by atoms with Gasteiger partial charge in [0.25, 0.3) is 0 Å². The van der Waals surface area contributed by atoms with E-state index in [4.69, 9.17) is 0 Å². The number of thioether (sulfide) groups is 1. The van der Waals surface area contributed by atoms with Crippen molar-refractivity contribution >= 4 is 23.4 Å². The number of nitrogens with one attached hydrogen (secondary N) is 1. The maximum absolute atomic E-state index is 12.9. The van der Waals surface area contributed by atoms with Gasteiger partial charge in [0.15, 0.2) is 5.16 Å². The fourth-order valence-corrected chi connectivity index (χ4v) is 4.00. The number of carbonyl (C=O) groups is 1. The highest BCUT2D eigenvalue weighted by Crippen LogP contribution is 2.28. The van der Waals surface area contributed by atoms with Gasteiger partial charge in [-0.2, -0.15) is 0 Å². The van der Waals surface area contributed by atoms with E-state index in [9.17, 15) is 4.79 Å². The molecule has 152 valence electrons. The molecule has 0 unspecified atom stereocenters. The first kappa shape index (κ1) is 21.1. The zero-order valence-corrected chi connectivity index (χ0v) is 18.2. The van der Waals surface area contributed by atoms with Crippen molar-refractivity contribution in [3.63, 3.8) is 0 Å². The number of rotatable bonds is 8. The molecule has 6 heteroatoms. The minimum absolute atomic E-state index is 0.0299. The molecule has 1 amide bonds. The average Bonchev–Trinajstić information content (AvgIpc) is 3.07. The van der Waals surface area contributed by atoms with E-state index in [1.54, 1.807) is 0 Å². The summed E-state index contributed by atoms with van der Waals surface area (Å²) in [6.07, 6.45) is 1.03. The Kier molecular flexibility index (Phi) is 7.09. The fourth-order valence-electron chi connectivity index (χ4n) is 3.10. The normalized spacial score (nSPS) is 13.1. The first-order valence-electron chi connectivity index (χ1n) is 9.99. The monoisotopic (exact) mass is 408 g/mol. The molecular formula is C23H28N4OS. The molecule has 0 saturated heterocycles. The third kappa shape index (κ3) is 5.26. The molecule has 5 nitrogen and oxygen atoms in total. The van der Waals surface area contributed by atoms with Gasteiger partial charge in [0.2, 0.25) is 5.91 Å². The number of hydrogen-bond donors (Lipinski definition) is 1. The number of nitrogens with zero attached hydrogens (tertiary/aromatic N) is 3. The molecule has 1 heterocycles. The van der Waals surface area contributed by atoms with E-state index in [2.05, 4.69) is 52.1 Å². The summed E-state index contributed by atoms with van der Waals surface area (Å²) in [5.74, 6) is 1.20. The second-order valence-corrected chi connectivity index (χ2v) is 8.56. The Bertz CT molecular complexity index is 955. The van der Waals surface area contributed by atoms with Crippen molar-refractivity contribution in [1.29, 1.82) is 0 Å². The van der Waals surface area contributed by atoms with Gasteiger partial charge in [-0.25, -0.2) is 0 Å². The van der Waals surface area contributed by atoms with Crippen molar-refractivity contribution in [3.05, 3.63) is 71.5 Å². The van der Waals surface area contributed by atoms with Crippen molar-refractivity contribution in [2.24, 2.45) is 0 Å². The van der Waals surface area contributed by atoms with Crippen LogP contribution < -0.4 is 5.32 Å². The number of aryl methyl sites for hydroxylation is 1. The Hall–Kier alpha value is -2.60. The largest absolute Gasteiger partial charge is 0.325 e. The van der Waals surface area contributed by atoms with Gasteiger partial charge in [0.1, 0.15) is 5.82 Å². The number of aromatic nitrogens is 3. The molecule has 2 aromatic carbocycles. The van der Waals surface area contributed by atoms with Crippen LogP contribution in [-0.2, 0) is 11.3 Å². The lowest BCUT2D eigenvalue weighted by Crippen LogP contribution is -2.24. The zero-order chi connectivity index (χ0) is 20.8. The van der Waals surface area contributed by atoms with Crippen LogP contribution >= 0.6 is 11.8 Å².